The topological polar surface area (TPSA) is 47.6 Å². The van der Waals surface area contributed by atoms with Gasteiger partial charge in [-0.25, -0.2) is 0 Å². The number of rotatable bonds is 4. The van der Waals surface area contributed by atoms with Gasteiger partial charge in [-0.1, -0.05) is 25.1 Å². The van der Waals surface area contributed by atoms with E-state index in [-0.39, 0.29) is 18.0 Å². The number of anilines is 3. The Balaban J connectivity index is 1.58. The number of benzene rings is 2. The second-order valence-electron chi connectivity index (χ2n) is 9.04. The van der Waals surface area contributed by atoms with Crippen LogP contribution in [0.1, 0.15) is 38.3 Å². The van der Waals surface area contributed by atoms with Crippen LogP contribution < -0.4 is 20.4 Å². The molecule has 0 spiro atoms. The van der Waals surface area contributed by atoms with Crippen molar-refractivity contribution in [1.82, 2.24) is 5.32 Å². The van der Waals surface area contributed by atoms with Gasteiger partial charge in [-0.3, -0.25) is 4.79 Å². The predicted molar refractivity (Wildman–Crippen MR) is 123 cm³/mol. The molecule has 2 aromatic carbocycles. The van der Waals surface area contributed by atoms with Crippen LogP contribution in [0.4, 0.5) is 17.1 Å². The highest BCUT2D eigenvalue weighted by molar-refractivity contribution is 5.94. The largest absolute Gasteiger partial charge is 0.378 e. The number of fused-ring (bicyclic) bond motifs is 1. The van der Waals surface area contributed by atoms with E-state index in [0.717, 1.165) is 37.6 Å². The summed E-state index contributed by atoms with van der Waals surface area (Å²) in [7, 11) is 0. The van der Waals surface area contributed by atoms with Crippen LogP contribution in [0.25, 0.3) is 0 Å². The Kier molecular flexibility index (Phi) is 5.15. The molecule has 5 heteroatoms. The van der Waals surface area contributed by atoms with Gasteiger partial charge in [-0.15, -0.1) is 0 Å². The molecule has 3 aliphatic rings. The van der Waals surface area contributed by atoms with Gasteiger partial charge >= 0.3 is 0 Å². The van der Waals surface area contributed by atoms with Crippen LogP contribution in [0.2, 0.25) is 0 Å². The Labute approximate surface area is 179 Å². The molecule has 2 fully saturated rings. The number of nitrogens with one attached hydrogen (secondary N) is 2. The van der Waals surface area contributed by atoms with Gasteiger partial charge in [0.15, 0.2) is 0 Å². The average molecular weight is 405 g/mol. The number of carbonyl (C=O) groups is 1. The minimum absolute atomic E-state index is 0.160. The van der Waals surface area contributed by atoms with Gasteiger partial charge in [-0.05, 0) is 49.1 Å². The molecule has 5 nitrogen and oxygen atoms in total. The fraction of sp³-hybridized carbons (Fsp3) is 0.480. The highest BCUT2D eigenvalue weighted by atomic mass is 16.2. The molecule has 3 atom stereocenters. The van der Waals surface area contributed by atoms with Gasteiger partial charge in [0, 0.05) is 67.7 Å². The van der Waals surface area contributed by atoms with Crippen LogP contribution in [0.3, 0.4) is 0 Å². The third-order valence-electron chi connectivity index (χ3n) is 6.99. The van der Waals surface area contributed by atoms with E-state index in [1.54, 1.807) is 6.92 Å². The minimum atomic E-state index is 0.160. The molecule has 0 aromatic heterocycles. The van der Waals surface area contributed by atoms with E-state index in [1.807, 2.05) is 0 Å². The van der Waals surface area contributed by atoms with Crippen molar-refractivity contribution in [3.05, 3.63) is 54.1 Å². The van der Waals surface area contributed by atoms with Crippen molar-refractivity contribution in [2.24, 2.45) is 11.8 Å². The van der Waals surface area contributed by atoms with Gasteiger partial charge < -0.3 is 20.4 Å². The third-order valence-corrected chi connectivity index (χ3v) is 6.99. The fourth-order valence-electron chi connectivity index (χ4n) is 5.39. The predicted octanol–water partition coefficient (Wildman–Crippen LogP) is 4.03. The van der Waals surface area contributed by atoms with Gasteiger partial charge in [0.2, 0.25) is 5.91 Å². The zero-order valence-electron chi connectivity index (χ0n) is 18.0. The SMILES string of the molecule is CC(=O)N1c2ccc(N3CCNCC3)cc2C(Nc2ccccc2)C(C)[C@@H]1C1CC1. The summed E-state index contributed by atoms with van der Waals surface area (Å²) in [6.45, 7) is 8.12. The summed E-state index contributed by atoms with van der Waals surface area (Å²) in [5.41, 5.74) is 4.73. The maximum Gasteiger partial charge on any atom is 0.224 e. The van der Waals surface area contributed by atoms with E-state index in [4.69, 9.17) is 0 Å². The molecular formula is C25H32N4O. The van der Waals surface area contributed by atoms with E-state index < -0.39 is 0 Å². The lowest BCUT2D eigenvalue weighted by Gasteiger charge is -2.46. The van der Waals surface area contributed by atoms with E-state index in [0.29, 0.717) is 11.8 Å². The molecule has 2 unspecified atom stereocenters. The van der Waals surface area contributed by atoms with Crippen molar-refractivity contribution in [3.63, 3.8) is 0 Å². The van der Waals surface area contributed by atoms with Crippen LogP contribution >= 0.6 is 0 Å². The minimum Gasteiger partial charge on any atom is -0.378 e. The summed E-state index contributed by atoms with van der Waals surface area (Å²) in [5, 5.41) is 7.26. The van der Waals surface area contributed by atoms with E-state index in [2.05, 4.69) is 75.9 Å². The van der Waals surface area contributed by atoms with Crippen LogP contribution in [0.5, 0.6) is 0 Å². The Morgan fingerprint density at radius 3 is 2.47 bits per heavy atom. The highest BCUT2D eigenvalue weighted by Crippen LogP contribution is 2.50. The maximum absolute atomic E-state index is 12.8. The van der Waals surface area contributed by atoms with Crippen molar-refractivity contribution in [2.75, 3.05) is 41.3 Å². The molecule has 1 saturated heterocycles. The van der Waals surface area contributed by atoms with Crippen molar-refractivity contribution in [1.29, 1.82) is 0 Å². The lowest BCUT2D eigenvalue weighted by molar-refractivity contribution is -0.117. The fourth-order valence-corrected chi connectivity index (χ4v) is 5.39. The van der Waals surface area contributed by atoms with E-state index in [1.165, 1.54) is 24.1 Å². The molecule has 1 saturated carbocycles. The number of hydrogen-bond acceptors (Lipinski definition) is 4. The monoisotopic (exact) mass is 404 g/mol. The van der Waals surface area contributed by atoms with E-state index >= 15 is 0 Å². The lowest BCUT2D eigenvalue weighted by atomic mass is 9.79. The maximum atomic E-state index is 12.8. The van der Waals surface area contributed by atoms with Crippen molar-refractivity contribution in [3.8, 4) is 0 Å². The first-order valence-electron chi connectivity index (χ1n) is 11.3. The summed E-state index contributed by atoms with van der Waals surface area (Å²) < 4.78 is 0. The molecule has 2 aromatic rings. The number of piperazine rings is 1. The van der Waals surface area contributed by atoms with Crippen LogP contribution in [-0.2, 0) is 4.79 Å². The smallest absolute Gasteiger partial charge is 0.224 e. The number of hydrogen-bond donors (Lipinski definition) is 2. The number of amides is 1. The van der Waals surface area contributed by atoms with Crippen molar-refractivity contribution < 1.29 is 4.79 Å². The zero-order chi connectivity index (χ0) is 20.7. The summed E-state index contributed by atoms with van der Waals surface area (Å²) in [4.78, 5) is 17.3. The van der Waals surface area contributed by atoms with Gasteiger partial charge in [0.1, 0.15) is 0 Å². The Morgan fingerprint density at radius 1 is 1.07 bits per heavy atom. The quantitative estimate of drug-likeness (QED) is 0.808. The first-order chi connectivity index (χ1) is 14.6. The highest BCUT2D eigenvalue weighted by Gasteiger charge is 2.47. The third kappa shape index (κ3) is 3.56. The molecule has 30 heavy (non-hydrogen) atoms. The molecule has 1 aliphatic carbocycles. The molecule has 158 valence electrons. The van der Waals surface area contributed by atoms with E-state index in [9.17, 15) is 4.79 Å². The number of nitrogens with zero attached hydrogens (tertiary/aromatic N) is 2. The standard InChI is InChI=1S/C25H32N4O/c1-17-24(27-20-6-4-3-5-7-20)22-16-21(28-14-12-26-13-15-28)10-11-23(22)29(18(2)30)25(17)19-8-9-19/h3-7,10-11,16-17,19,24-27H,8-9,12-15H2,1-2H3/t17?,24?,25-/m1/s1. The lowest BCUT2D eigenvalue weighted by Crippen LogP contribution is -2.51. The Bertz CT molecular complexity index is 905. The second kappa shape index (κ2) is 7.95. The molecule has 0 bridgehead atoms. The Morgan fingerprint density at radius 2 is 1.80 bits per heavy atom. The summed E-state index contributed by atoms with van der Waals surface area (Å²) in [5.74, 6) is 1.12. The van der Waals surface area contributed by atoms with Gasteiger partial charge in [0.05, 0.1) is 6.04 Å². The van der Waals surface area contributed by atoms with Gasteiger partial charge in [-0.2, -0.15) is 0 Å². The van der Waals surface area contributed by atoms with Crippen LogP contribution in [-0.4, -0.2) is 38.1 Å². The summed E-state index contributed by atoms with van der Waals surface area (Å²) in [6, 6.07) is 17.7. The summed E-state index contributed by atoms with van der Waals surface area (Å²) >= 11 is 0. The first-order valence-corrected chi connectivity index (χ1v) is 11.3. The second-order valence-corrected chi connectivity index (χ2v) is 9.04. The molecule has 2 N–H and O–H groups in total. The van der Waals surface area contributed by atoms with Gasteiger partial charge in [0.25, 0.3) is 0 Å². The average Bonchev–Trinajstić information content (AvgIpc) is 3.61. The molecule has 1 amide bonds. The summed E-state index contributed by atoms with van der Waals surface area (Å²) in [6.07, 6.45) is 2.45. The Hall–Kier alpha value is -2.53. The molecule has 2 heterocycles. The number of para-hydroxylation sites is 1. The van der Waals surface area contributed by atoms with Crippen molar-refractivity contribution >= 4 is 23.0 Å². The molecule has 0 radical (unpaired) electrons. The zero-order valence-corrected chi connectivity index (χ0v) is 18.0. The van der Waals surface area contributed by atoms with Crippen LogP contribution in [0, 0.1) is 11.8 Å². The van der Waals surface area contributed by atoms with Crippen molar-refractivity contribution in [2.45, 2.75) is 38.8 Å². The molecular weight excluding hydrogens is 372 g/mol. The number of carbonyl (C=O) groups excluding carboxylic acids is 1. The normalized spacial score (nSPS) is 26.3. The molecule has 5 rings (SSSR count). The molecule has 2 aliphatic heterocycles. The van der Waals surface area contributed by atoms with Crippen LogP contribution in [0.15, 0.2) is 48.5 Å². The first kappa shape index (κ1) is 19.4.